The van der Waals surface area contributed by atoms with Gasteiger partial charge in [0.25, 0.3) is 0 Å². The summed E-state index contributed by atoms with van der Waals surface area (Å²) in [6, 6.07) is 13.1. The van der Waals surface area contributed by atoms with Gasteiger partial charge < -0.3 is 10.1 Å². The maximum absolute atomic E-state index is 11.7. The third kappa shape index (κ3) is 4.09. The molecule has 0 atom stereocenters. The predicted octanol–water partition coefficient (Wildman–Crippen LogP) is 5.66. The molecule has 0 saturated carbocycles. The summed E-state index contributed by atoms with van der Waals surface area (Å²) >= 11 is 0. The van der Waals surface area contributed by atoms with Crippen LogP contribution in [-0.2, 0) is 0 Å². The van der Waals surface area contributed by atoms with Crippen LogP contribution in [0.25, 0.3) is 0 Å². The van der Waals surface area contributed by atoms with Crippen molar-refractivity contribution in [2.24, 2.45) is 0 Å². The van der Waals surface area contributed by atoms with Gasteiger partial charge in [0.15, 0.2) is 0 Å². The number of nitro groups is 1. The van der Waals surface area contributed by atoms with Crippen LogP contribution < -0.4 is 10.1 Å². The number of aryl methyl sites for hydroxylation is 1. The molecule has 0 radical (unpaired) electrons. The highest BCUT2D eigenvalue weighted by Gasteiger charge is 2.25. The van der Waals surface area contributed by atoms with Gasteiger partial charge in [-0.2, -0.15) is 4.98 Å². The first kappa shape index (κ1) is 19.3. The van der Waals surface area contributed by atoms with Crippen molar-refractivity contribution in [2.75, 3.05) is 5.32 Å². The zero-order valence-electron chi connectivity index (χ0n) is 16.3. The van der Waals surface area contributed by atoms with Crippen LogP contribution in [0.4, 0.5) is 17.2 Å². The first-order chi connectivity index (χ1) is 13.4. The molecule has 0 spiro atoms. The number of benzene rings is 2. The summed E-state index contributed by atoms with van der Waals surface area (Å²) in [6.45, 7) is 8.11. The normalized spacial score (nSPS) is 10.8. The van der Waals surface area contributed by atoms with Gasteiger partial charge in [0.05, 0.1) is 4.92 Å². The molecule has 28 heavy (non-hydrogen) atoms. The van der Waals surface area contributed by atoms with E-state index in [4.69, 9.17) is 4.74 Å². The molecule has 3 aromatic rings. The molecule has 7 heteroatoms. The monoisotopic (exact) mass is 378 g/mol. The Balaban J connectivity index is 1.95. The standard InChI is InChI=1S/C21H22N4O3/c1-13(2)16-8-10-17(11-9-16)28-21-19(25(26)27)20(22-12-23-21)24-18-7-5-6-14(3)15(18)4/h5-13H,1-4H3,(H,22,23,24). The zero-order valence-corrected chi connectivity index (χ0v) is 16.3. The third-order valence-corrected chi connectivity index (χ3v) is 4.59. The van der Waals surface area contributed by atoms with Crippen LogP contribution in [-0.4, -0.2) is 14.9 Å². The molecule has 0 fully saturated rings. The van der Waals surface area contributed by atoms with E-state index in [1.807, 2.05) is 44.2 Å². The quantitative estimate of drug-likeness (QED) is 0.439. The van der Waals surface area contributed by atoms with E-state index < -0.39 is 4.92 Å². The number of nitrogens with one attached hydrogen (secondary N) is 1. The van der Waals surface area contributed by atoms with Gasteiger partial charge >= 0.3 is 11.6 Å². The summed E-state index contributed by atoms with van der Waals surface area (Å²) in [5.41, 5.74) is 3.65. The van der Waals surface area contributed by atoms with Crippen molar-refractivity contribution in [1.29, 1.82) is 0 Å². The van der Waals surface area contributed by atoms with E-state index in [1.54, 1.807) is 12.1 Å². The molecular weight excluding hydrogens is 356 g/mol. The Hall–Kier alpha value is -3.48. The van der Waals surface area contributed by atoms with E-state index in [2.05, 4.69) is 29.1 Å². The molecular formula is C21H22N4O3. The van der Waals surface area contributed by atoms with Crippen molar-refractivity contribution in [3.8, 4) is 11.6 Å². The number of hydrogen-bond donors (Lipinski definition) is 1. The number of nitrogens with zero attached hydrogens (tertiary/aromatic N) is 3. The van der Waals surface area contributed by atoms with Gasteiger partial charge in [-0.15, -0.1) is 0 Å². The summed E-state index contributed by atoms with van der Waals surface area (Å²) in [7, 11) is 0. The summed E-state index contributed by atoms with van der Waals surface area (Å²) in [5.74, 6) is 0.840. The molecule has 7 nitrogen and oxygen atoms in total. The Bertz CT molecular complexity index is 1000. The van der Waals surface area contributed by atoms with E-state index in [1.165, 1.54) is 6.33 Å². The summed E-state index contributed by atoms with van der Waals surface area (Å²) in [4.78, 5) is 19.2. The van der Waals surface area contributed by atoms with Gasteiger partial charge in [-0.05, 0) is 54.7 Å². The highest BCUT2D eigenvalue weighted by Crippen LogP contribution is 2.36. The smallest absolute Gasteiger partial charge is 0.373 e. The molecule has 144 valence electrons. The highest BCUT2D eigenvalue weighted by atomic mass is 16.6. The van der Waals surface area contributed by atoms with Crippen molar-refractivity contribution < 1.29 is 9.66 Å². The van der Waals surface area contributed by atoms with E-state index in [9.17, 15) is 10.1 Å². The van der Waals surface area contributed by atoms with Crippen LogP contribution in [0.5, 0.6) is 11.6 Å². The van der Waals surface area contributed by atoms with E-state index in [0.717, 1.165) is 22.4 Å². The van der Waals surface area contributed by atoms with E-state index in [0.29, 0.717) is 11.7 Å². The van der Waals surface area contributed by atoms with Crippen molar-refractivity contribution in [2.45, 2.75) is 33.6 Å². The van der Waals surface area contributed by atoms with Gasteiger partial charge in [-0.25, -0.2) is 4.98 Å². The number of rotatable bonds is 6. The second-order valence-electron chi connectivity index (χ2n) is 6.83. The summed E-state index contributed by atoms with van der Waals surface area (Å²) < 4.78 is 5.71. The maximum Gasteiger partial charge on any atom is 0.373 e. The number of aromatic nitrogens is 2. The van der Waals surface area contributed by atoms with Crippen LogP contribution in [0.3, 0.4) is 0 Å². The molecule has 0 aliphatic heterocycles. The van der Waals surface area contributed by atoms with Crippen LogP contribution in [0.1, 0.15) is 36.5 Å². The van der Waals surface area contributed by atoms with Gasteiger partial charge in [0.1, 0.15) is 12.1 Å². The minimum atomic E-state index is -0.536. The predicted molar refractivity (Wildman–Crippen MR) is 108 cm³/mol. The molecule has 3 rings (SSSR count). The average molecular weight is 378 g/mol. The Morgan fingerprint density at radius 2 is 1.79 bits per heavy atom. The lowest BCUT2D eigenvalue weighted by atomic mass is 10.0. The summed E-state index contributed by atoms with van der Waals surface area (Å²) in [6.07, 6.45) is 1.25. The average Bonchev–Trinajstić information content (AvgIpc) is 2.66. The maximum atomic E-state index is 11.7. The fraction of sp³-hybridized carbons (Fsp3) is 0.238. The van der Waals surface area contributed by atoms with Crippen LogP contribution in [0.15, 0.2) is 48.8 Å². The molecule has 0 amide bonds. The second kappa shape index (κ2) is 8.04. The fourth-order valence-corrected chi connectivity index (χ4v) is 2.74. The molecule has 1 N–H and O–H groups in total. The Kier molecular flexibility index (Phi) is 5.54. The van der Waals surface area contributed by atoms with Crippen LogP contribution in [0, 0.1) is 24.0 Å². The van der Waals surface area contributed by atoms with E-state index >= 15 is 0 Å². The first-order valence-corrected chi connectivity index (χ1v) is 8.97. The SMILES string of the molecule is Cc1cccc(Nc2ncnc(Oc3ccc(C(C)C)cc3)c2[N+](=O)[O-])c1C. The third-order valence-electron chi connectivity index (χ3n) is 4.59. The van der Waals surface area contributed by atoms with Gasteiger partial charge in [0.2, 0.25) is 5.82 Å². The number of anilines is 2. The molecule has 0 aliphatic carbocycles. The number of ether oxygens (including phenoxy) is 1. The number of hydrogen-bond acceptors (Lipinski definition) is 6. The van der Waals surface area contributed by atoms with Crippen LogP contribution in [0.2, 0.25) is 0 Å². The van der Waals surface area contributed by atoms with Crippen LogP contribution >= 0.6 is 0 Å². The first-order valence-electron chi connectivity index (χ1n) is 8.97. The van der Waals surface area contributed by atoms with Gasteiger partial charge in [0, 0.05) is 5.69 Å². The topological polar surface area (TPSA) is 90.2 Å². The highest BCUT2D eigenvalue weighted by molar-refractivity contribution is 5.71. The second-order valence-corrected chi connectivity index (χ2v) is 6.83. The van der Waals surface area contributed by atoms with Crippen molar-refractivity contribution in [1.82, 2.24) is 9.97 Å². The van der Waals surface area contributed by atoms with Crippen molar-refractivity contribution in [3.63, 3.8) is 0 Å². The lowest BCUT2D eigenvalue weighted by Gasteiger charge is -2.12. The minimum absolute atomic E-state index is 0.0856. The molecule has 2 aromatic carbocycles. The molecule has 0 saturated heterocycles. The molecule has 0 unspecified atom stereocenters. The minimum Gasteiger partial charge on any atom is -0.434 e. The lowest BCUT2D eigenvalue weighted by Crippen LogP contribution is -2.04. The summed E-state index contributed by atoms with van der Waals surface area (Å²) in [5, 5.41) is 14.8. The van der Waals surface area contributed by atoms with Gasteiger partial charge in [-0.3, -0.25) is 10.1 Å². The van der Waals surface area contributed by atoms with Gasteiger partial charge in [-0.1, -0.05) is 38.1 Å². The molecule has 0 aliphatic rings. The fourth-order valence-electron chi connectivity index (χ4n) is 2.74. The van der Waals surface area contributed by atoms with E-state index in [-0.39, 0.29) is 17.4 Å². The lowest BCUT2D eigenvalue weighted by molar-refractivity contribution is -0.385. The largest absolute Gasteiger partial charge is 0.434 e. The Morgan fingerprint density at radius 3 is 2.43 bits per heavy atom. The van der Waals surface area contributed by atoms with Crippen molar-refractivity contribution >= 4 is 17.2 Å². The Morgan fingerprint density at radius 1 is 1.07 bits per heavy atom. The molecule has 1 heterocycles. The molecule has 1 aromatic heterocycles. The zero-order chi connectivity index (χ0) is 20.3. The Labute approximate surface area is 163 Å². The molecule has 0 bridgehead atoms. The van der Waals surface area contributed by atoms with Crippen molar-refractivity contribution in [3.05, 3.63) is 75.6 Å².